The maximum absolute atomic E-state index is 14.4. The molecule has 188 valence electrons. The number of hydrogen-bond acceptors (Lipinski definition) is 2. The van der Waals surface area contributed by atoms with E-state index in [9.17, 15) is 35.9 Å². The number of likely N-dealkylation sites (tertiary alicyclic amines) is 2. The van der Waals surface area contributed by atoms with Crippen molar-refractivity contribution in [2.75, 3.05) is 31.5 Å². The smallest absolute Gasteiger partial charge is 0.338 e. The van der Waals surface area contributed by atoms with E-state index < -0.39 is 52.4 Å². The lowest BCUT2D eigenvalue weighted by Gasteiger charge is -2.39. The van der Waals surface area contributed by atoms with Crippen LogP contribution in [0.4, 0.5) is 36.8 Å². The van der Waals surface area contributed by atoms with Crippen LogP contribution in [0, 0.1) is 29.8 Å². The highest BCUT2D eigenvalue weighted by Gasteiger charge is 2.43. The van der Waals surface area contributed by atoms with Crippen molar-refractivity contribution in [3.63, 3.8) is 0 Å². The minimum Gasteiger partial charge on any atom is -0.338 e. The number of halogens is 6. The second-order valence-corrected chi connectivity index (χ2v) is 9.11. The zero-order valence-corrected chi connectivity index (χ0v) is 18.8. The number of benzene rings is 2. The number of hydrogen-bond donors (Lipinski definition) is 1. The Morgan fingerprint density at radius 1 is 0.914 bits per heavy atom. The number of carbonyl (C=O) groups excluding carboxylic acids is 2. The average Bonchev–Trinajstić information content (AvgIpc) is 3.21. The number of aryl methyl sites for hydroxylation is 1. The number of carbonyl (C=O) groups is 2. The van der Waals surface area contributed by atoms with Crippen LogP contribution in [0.2, 0.25) is 0 Å². The fourth-order valence-electron chi connectivity index (χ4n) is 4.75. The lowest BCUT2D eigenvalue weighted by Crippen LogP contribution is -2.45. The molecule has 2 fully saturated rings. The molecule has 2 aromatic rings. The van der Waals surface area contributed by atoms with Crippen LogP contribution in [-0.4, -0.2) is 47.9 Å². The number of amides is 3. The number of nitrogens with one attached hydrogen (secondary N) is 1. The van der Waals surface area contributed by atoms with E-state index in [1.54, 1.807) is 0 Å². The summed E-state index contributed by atoms with van der Waals surface area (Å²) in [6, 6.07) is 4.26. The summed E-state index contributed by atoms with van der Waals surface area (Å²) in [6.45, 7) is 2.50. The molecular weight excluding hydrogens is 476 g/mol. The van der Waals surface area contributed by atoms with Gasteiger partial charge in [-0.2, -0.15) is 13.2 Å². The minimum atomic E-state index is -4.89. The Hall–Kier alpha value is -3.24. The molecule has 0 aliphatic carbocycles. The molecule has 0 unspecified atom stereocenters. The Labute approximate surface area is 197 Å². The molecule has 2 saturated heterocycles. The molecule has 5 nitrogen and oxygen atoms in total. The second kappa shape index (κ2) is 9.09. The number of piperidine rings is 1. The van der Waals surface area contributed by atoms with E-state index in [1.807, 2.05) is 0 Å². The SMILES string of the molecule is Cc1ccc(F)c(C(=O)N2CCC3(CCN(C(=O)Nc4cccc(C(F)(F)F)c4F)C3)CC2)c1F. The predicted octanol–water partition coefficient (Wildman–Crippen LogP) is 5.59. The van der Waals surface area contributed by atoms with Crippen molar-refractivity contribution in [1.82, 2.24) is 9.80 Å². The van der Waals surface area contributed by atoms with E-state index in [-0.39, 0.29) is 30.6 Å². The highest BCUT2D eigenvalue weighted by molar-refractivity contribution is 5.95. The first-order valence-electron chi connectivity index (χ1n) is 11.1. The van der Waals surface area contributed by atoms with Crippen molar-refractivity contribution in [2.45, 2.75) is 32.4 Å². The Bertz CT molecular complexity index is 1160. The van der Waals surface area contributed by atoms with Gasteiger partial charge in [-0.25, -0.2) is 18.0 Å². The highest BCUT2D eigenvalue weighted by Crippen LogP contribution is 2.41. The van der Waals surface area contributed by atoms with E-state index in [0.717, 1.165) is 18.2 Å². The van der Waals surface area contributed by atoms with Gasteiger partial charge in [0.1, 0.15) is 17.2 Å². The van der Waals surface area contributed by atoms with Crippen LogP contribution in [0.25, 0.3) is 0 Å². The molecule has 1 N–H and O–H groups in total. The zero-order chi connectivity index (χ0) is 25.5. The Kier molecular flexibility index (Phi) is 6.46. The molecule has 2 aromatic carbocycles. The van der Waals surface area contributed by atoms with E-state index in [1.165, 1.54) is 22.8 Å². The molecule has 0 atom stereocenters. The van der Waals surface area contributed by atoms with Crippen molar-refractivity contribution < 1.29 is 35.9 Å². The van der Waals surface area contributed by atoms with Gasteiger partial charge in [0.25, 0.3) is 5.91 Å². The molecule has 1 spiro atoms. The minimum absolute atomic E-state index is 0.165. The third-order valence-corrected chi connectivity index (χ3v) is 6.88. The molecule has 0 bridgehead atoms. The highest BCUT2D eigenvalue weighted by atomic mass is 19.4. The largest absolute Gasteiger partial charge is 0.419 e. The zero-order valence-electron chi connectivity index (χ0n) is 18.8. The van der Waals surface area contributed by atoms with Crippen LogP contribution < -0.4 is 5.32 Å². The van der Waals surface area contributed by atoms with Crippen LogP contribution in [0.15, 0.2) is 30.3 Å². The van der Waals surface area contributed by atoms with Crippen LogP contribution in [0.3, 0.4) is 0 Å². The Balaban J connectivity index is 1.39. The maximum atomic E-state index is 14.4. The van der Waals surface area contributed by atoms with E-state index in [0.29, 0.717) is 31.9 Å². The van der Waals surface area contributed by atoms with Crippen molar-refractivity contribution in [3.05, 3.63) is 64.5 Å². The molecule has 0 aromatic heterocycles. The Morgan fingerprint density at radius 3 is 2.17 bits per heavy atom. The van der Waals surface area contributed by atoms with Gasteiger partial charge in [0.05, 0.1) is 11.3 Å². The van der Waals surface area contributed by atoms with Gasteiger partial charge in [0.15, 0.2) is 5.82 Å². The Morgan fingerprint density at radius 2 is 1.54 bits per heavy atom. The lowest BCUT2D eigenvalue weighted by molar-refractivity contribution is -0.139. The van der Waals surface area contributed by atoms with Gasteiger partial charge >= 0.3 is 12.2 Å². The summed E-state index contributed by atoms with van der Waals surface area (Å²) in [5.74, 6) is -4.10. The summed E-state index contributed by atoms with van der Waals surface area (Å²) < 4.78 is 81.6. The molecule has 2 heterocycles. The van der Waals surface area contributed by atoms with Crippen molar-refractivity contribution in [2.24, 2.45) is 5.41 Å². The van der Waals surface area contributed by atoms with Gasteiger partial charge in [-0.3, -0.25) is 4.79 Å². The van der Waals surface area contributed by atoms with Gasteiger partial charge < -0.3 is 15.1 Å². The van der Waals surface area contributed by atoms with Crippen LogP contribution >= 0.6 is 0 Å². The number of alkyl halides is 3. The molecule has 0 radical (unpaired) electrons. The molecule has 4 rings (SSSR count). The van der Waals surface area contributed by atoms with Crippen molar-refractivity contribution >= 4 is 17.6 Å². The van der Waals surface area contributed by atoms with Gasteiger partial charge in [0, 0.05) is 26.2 Å². The predicted molar refractivity (Wildman–Crippen MR) is 115 cm³/mol. The molecule has 0 saturated carbocycles. The third kappa shape index (κ3) is 4.81. The van der Waals surface area contributed by atoms with E-state index in [2.05, 4.69) is 5.32 Å². The summed E-state index contributed by atoms with van der Waals surface area (Å²) in [5, 5.41) is 2.22. The standard InChI is InChI=1S/C24H23F6N3O2/c1-14-5-6-16(25)18(19(14)26)21(34)32-10-7-23(8-11-32)9-12-33(13-23)22(35)31-17-4-2-3-15(20(17)27)24(28,29)30/h2-6H,7-13H2,1H3,(H,31,35). The summed E-state index contributed by atoms with van der Waals surface area (Å²) in [4.78, 5) is 28.2. The summed E-state index contributed by atoms with van der Waals surface area (Å²) in [7, 11) is 0. The topological polar surface area (TPSA) is 52.7 Å². The molecule has 35 heavy (non-hydrogen) atoms. The quantitative estimate of drug-likeness (QED) is 0.548. The van der Waals surface area contributed by atoms with Crippen molar-refractivity contribution in [1.29, 1.82) is 0 Å². The number of urea groups is 1. The molecular formula is C24H23F6N3O2. The third-order valence-electron chi connectivity index (χ3n) is 6.88. The van der Waals surface area contributed by atoms with Crippen LogP contribution in [0.1, 0.15) is 40.7 Å². The number of nitrogens with zero attached hydrogens (tertiary/aromatic N) is 2. The lowest BCUT2D eigenvalue weighted by atomic mass is 9.77. The molecule has 3 amide bonds. The molecule has 2 aliphatic heterocycles. The van der Waals surface area contributed by atoms with Gasteiger partial charge in [-0.05, 0) is 55.4 Å². The summed E-state index contributed by atoms with van der Waals surface area (Å²) in [6.07, 6.45) is -3.34. The van der Waals surface area contributed by atoms with Gasteiger partial charge in [-0.1, -0.05) is 12.1 Å². The number of anilines is 1. The fourth-order valence-corrected chi connectivity index (χ4v) is 4.75. The number of rotatable bonds is 2. The van der Waals surface area contributed by atoms with Gasteiger partial charge in [0.2, 0.25) is 0 Å². The van der Waals surface area contributed by atoms with Crippen LogP contribution in [-0.2, 0) is 6.18 Å². The first kappa shape index (κ1) is 24.9. The molecule has 11 heteroatoms. The second-order valence-electron chi connectivity index (χ2n) is 9.11. The van der Waals surface area contributed by atoms with E-state index >= 15 is 0 Å². The fraction of sp³-hybridized carbons (Fsp3) is 0.417. The summed E-state index contributed by atoms with van der Waals surface area (Å²) >= 11 is 0. The van der Waals surface area contributed by atoms with Crippen LogP contribution in [0.5, 0.6) is 0 Å². The van der Waals surface area contributed by atoms with Gasteiger partial charge in [-0.15, -0.1) is 0 Å². The summed E-state index contributed by atoms with van der Waals surface area (Å²) in [5.41, 5.74) is -2.79. The maximum Gasteiger partial charge on any atom is 0.419 e. The van der Waals surface area contributed by atoms with Crippen molar-refractivity contribution in [3.8, 4) is 0 Å². The monoisotopic (exact) mass is 499 g/mol. The molecule has 2 aliphatic rings. The first-order chi connectivity index (χ1) is 16.4. The average molecular weight is 499 g/mol. The van der Waals surface area contributed by atoms with E-state index in [4.69, 9.17) is 0 Å². The normalized spacial score (nSPS) is 17.7. The first-order valence-corrected chi connectivity index (χ1v) is 11.1.